The topological polar surface area (TPSA) is 53.0 Å². The van der Waals surface area contributed by atoms with Crippen LogP contribution in [0.15, 0.2) is 35.3 Å². The largest absolute Gasteiger partial charge is 0.359 e. The van der Waals surface area contributed by atoms with Gasteiger partial charge in [0.2, 0.25) is 11.8 Å². The van der Waals surface area contributed by atoms with Crippen molar-refractivity contribution in [3.05, 3.63) is 30.3 Å². The van der Waals surface area contributed by atoms with E-state index in [2.05, 4.69) is 9.89 Å². The van der Waals surface area contributed by atoms with Crippen LogP contribution in [0.25, 0.3) is 0 Å². The predicted octanol–water partition coefficient (Wildman–Crippen LogP) is 1.69. The molecule has 0 radical (unpaired) electrons. The highest BCUT2D eigenvalue weighted by atomic mass is 16.2. The zero-order valence-electron chi connectivity index (χ0n) is 12.7. The van der Waals surface area contributed by atoms with Crippen molar-refractivity contribution >= 4 is 23.3 Å². The molecular weight excluding hydrogens is 278 g/mol. The molecule has 2 unspecified atom stereocenters. The average Bonchev–Trinajstić information content (AvgIpc) is 3.19. The first-order valence-electron chi connectivity index (χ1n) is 7.87. The fourth-order valence-electron chi connectivity index (χ4n) is 3.92. The van der Waals surface area contributed by atoms with Gasteiger partial charge >= 0.3 is 0 Å². The molecular formula is C17H19N3O2. The van der Waals surface area contributed by atoms with Crippen molar-refractivity contribution in [2.45, 2.75) is 19.8 Å². The minimum atomic E-state index is -0.794. The van der Waals surface area contributed by atoms with Gasteiger partial charge in [0.05, 0.1) is 18.2 Å². The molecule has 0 N–H and O–H groups in total. The second kappa shape index (κ2) is 4.66. The van der Waals surface area contributed by atoms with E-state index in [9.17, 15) is 9.59 Å². The van der Waals surface area contributed by atoms with Crippen molar-refractivity contribution in [1.82, 2.24) is 4.90 Å². The number of rotatable bonds is 1. The molecule has 22 heavy (non-hydrogen) atoms. The van der Waals surface area contributed by atoms with Crippen molar-refractivity contribution in [3.8, 4) is 0 Å². The zero-order valence-corrected chi connectivity index (χ0v) is 12.7. The number of anilines is 1. The molecule has 2 saturated heterocycles. The number of likely N-dealkylation sites (tertiary alicyclic amines) is 1. The van der Waals surface area contributed by atoms with Gasteiger partial charge in [-0.05, 0) is 31.9 Å². The highest BCUT2D eigenvalue weighted by molar-refractivity contribution is 6.31. The maximum absolute atomic E-state index is 13.1. The molecule has 3 aliphatic heterocycles. The number of fused-ring (bicyclic) bond motifs is 1. The molecule has 2 amide bonds. The fourth-order valence-corrected chi connectivity index (χ4v) is 3.92. The van der Waals surface area contributed by atoms with Gasteiger partial charge in [-0.25, -0.2) is 4.90 Å². The lowest BCUT2D eigenvalue weighted by molar-refractivity contribution is -0.123. The summed E-state index contributed by atoms with van der Waals surface area (Å²) < 4.78 is 0. The van der Waals surface area contributed by atoms with Crippen LogP contribution in [0, 0.1) is 11.3 Å². The summed E-state index contributed by atoms with van der Waals surface area (Å²) in [6, 6.07) is 9.21. The molecule has 0 bridgehead atoms. The van der Waals surface area contributed by atoms with Crippen LogP contribution in [0.2, 0.25) is 0 Å². The molecule has 114 valence electrons. The van der Waals surface area contributed by atoms with E-state index in [0.717, 1.165) is 31.8 Å². The highest BCUT2D eigenvalue weighted by Crippen LogP contribution is 2.46. The lowest BCUT2D eigenvalue weighted by Crippen LogP contribution is -2.46. The Hall–Kier alpha value is -2.17. The second-order valence-corrected chi connectivity index (χ2v) is 6.43. The van der Waals surface area contributed by atoms with Crippen molar-refractivity contribution in [2.24, 2.45) is 16.3 Å². The molecule has 5 nitrogen and oxygen atoms in total. The number of para-hydroxylation sites is 1. The van der Waals surface area contributed by atoms with E-state index in [1.807, 2.05) is 37.3 Å². The maximum atomic E-state index is 13.1. The Balaban J connectivity index is 1.73. The van der Waals surface area contributed by atoms with Crippen molar-refractivity contribution in [1.29, 1.82) is 0 Å². The first kappa shape index (κ1) is 13.5. The van der Waals surface area contributed by atoms with Crippen LogP contribution in [-0.2, 0) is 9.59 Å². The number of hydrogen-bond donors (Lipinski definition) is 0. The molecule has 3 aliphatic rings. The van der Waals surface area contributed by atoms with Crippen LogP contribution in [0.4, 0.5) is 5.69 Å². The molecule has 2 fully saturated rings. The summed E-state index contributed by atoms with van der Waals surface area (Å²) >= 11 is 0. The SMILES string of the molecule is CC12C(=O)N(c3ccccc3)C(=O)C1CN=C2N1CCCC1. The first-order valence-corrected chi connectivity index (χ1v) is 7.87. The number of nitrogens with zero attached hydrogens (tertiary/aromatic N) is 3. The Morgan fingerprint density at radius 3 is 2.50 bits per heavy atom. The smallest absolute Gasteiger partial charge is 0.248 e. The van der Waals surface area contributed by atoms with Crippen LogP contribution >= 0.6 is 0 Å². The Morgan fingerprint density at radius 1 is 1.14 bits per heavy atom. The summed E-state index contributed by atoms with van der Waals surface area (Å²) in [5, 5.41) is 0. The molecule has 0 spiro atoms. The van der Waals surface area contributed by atoms with Gasteiger partial charge in [0.1, 0.15) is 11.3 Å². The molecule has 5 heteroatoms. The van der Waals surface area contributed by atoms with Crippen LogP contribution in [0.5, 0.6) is 0 Å². The Bertz CT molecular complexity index is 664. The Labute approximate surface area is 129 Å². The third-order valence-corrected chi connectivity index (χ3v) is 5.17. The minimum Gasteiger partial charge on any atom is -0.359 e. The summed E-state index contributed by atoms with van der Waals surface area (Å²) in [4.78, 5) is 34.0. The number of carbonyl (C=O) groups is 2. The number of imide groups is 1. The van der Waals surface area contributed by atoms with E-state index >= 15 is 0 Å². The molecule has 3 heterocycles. The van der Waals surface area contributed by atoms with Gasteiger partial charge in [-0.1, -0.05) is 18.2 Å². The van der Waals surface area contributed by atoms with Gasteiger partial charge in [0, 0.05) is 13.1 Å². The summed E-state index contributed by atoms with van der Waals surface area (Å²) in [5.74, 6) is 0.232. The number of aliphatic imine (C=N–C) groups is 1. The molecule has 1 aromatic rings. The van der Waals surface area contributed by atoms with Crippen LogP contribution in [0.3, 0.4) is 0 Å². The lowest BCUT2D eigenvalue weighted by Gasteiger charge is -2.29. The van der Waals surface area contributed by atoms with Crippen LogP contribution in [-0.4, -0.2) is 42.2 Å². The zero-order chi connectivity index (χ0) is 15.3. The van der Waals surface area contributed by atoms with Crippen LogP contribution in [0.1, 0.15) is 19.8 Å². The first-order chi connectivity index (χ1) is 10.6. The van der Waals surface area contributed by atoms with Gasteiger partial charge in [-0.15, -0.1) is 0 Å². The quantitative estimate of drug-likeness (QED) is 0.741. The number of amides is 2. The van der Waals surface area contributed by atoms with Gasteiger partial charge < -0.3 is 4.90 Å². The summed E-state index contributed by atoms with van der Waals surface area (Å²) in [6.07, 6.45) is 2.26. The predicted molar refractivity (Wildman–Crippen MR) is 83.6 cm³/mol. The minimum absolute atomic E-state index is 0.114. The van der Waals surface area contributed by atoms with E-state index in [0.29, 0.717) is 12.2 Å². The van der Waals surface area contributed by atoms with E-state index in [1.54, 1.807) is 0 Å². The number of carbonyl (C=O) groups excluding carboxylic acids is 2. The van der Waals surface area contributed by atoms with Gasteiger partial charge in [-0.3, -0.25) is 14.6 Å². The third-order valence-electron chi connectivity index (χ3n) is 5.17. The molecule has 4 rings (SSSR count). The van der Waals surface area contributed by atoms with Crippen molar-refractivity contribution in [3.63, 3.8) is 0 Å². The molecule has 0 aromatic heterocycles. The Kier molecular flexibility index (Phi) is 2.86. The van der Waals surface area contributed by atoms with E-state index in [-0.39, 0.29) is 17.7 Å². The highest BCUT2D eigenvalue weighted by Gasteiger charge is 2.63. The molecule has 0 saturated carbocycles. The van der Waals surface area contributed by atoms with Crippen molar-refractivity contribution < 1.29 is 9.59 Å². The lowest BCUT2D eigenvalue weighted by atomic mass is 9.79. The number of benzene rings is 1. The number of amidine groups is 1. The molecule has 0 aliphatic carbocycles. The fraction of sp³-hybridized carbons (Fsp3) is 0.471. The maximum Gasteiger partial charge on any atom is 0.248 e. The Morgan fingerprint density at radius 2 is 1.82 bits per heavy atom. The van der Waals surface area contributed by atoms with E-state index < -0.39 is 5.41 Å². The average molecular weight is 297 g/mol. The van der Waals surface area contributed by atoms with Gasteiger partial charge in [0.25, 0.3) is 0 Å². The second-order valence-electron chi connectivity index (χ2n) is 6.43. The summed E-state index contributed by atoms with van der Waals surface area (Å²) in [7, 11) is 0. The van der Waals surface area contributed by atoms with Crippen LogP contribution < -0.4 is 4.90 Å². The van der Waals surface area contributed by atoms with E-state index in [1.165, 1.54) is 4.90 Å². The molecule has 2 atom stereocenters. The van der Waals surface area contributed by atoms with Gasteiger partial charge in [-0.2, -0.15) is 0 Å². The normalized spacial score (nSPS) is 31.0. The third kappa shape index (κ3) is 1.62. The summed E-state index contributed by atoms with van der Waals surface area (Å²) in [5.41, 5.74) is -0.133. The summed E-state index contributed by atoms with van der Waals surface area (Å²) in [6.45, 7) is 4.20. The molecule has 1 aromatic carbocycles. The van der Waals surface area contributed by atoms with Crippen molar-refractivity contribution in [2.75, 3.05) is 24.5 Å². The van der Waals surface area contributed by atoms with Gasteiger partial charge in [0.15, 0.2) is 0 Å². The monoisotopic (exact) mass is 297 g/mol. The standard InChI is InChI=1S/C17H19N3O2/c1-17-13(11-18-15(17)19-9-5-6-10-19)14(21)20(16(17)22)12-7-3-2-4-8-12/h2-4,7-8,13H,5-6,9-11H2,1H3. The van der Waals surface area contributed by atoms with E-state index in [4.69, 9.17) is 0 Å². The number of hydrogen-bond acceptors (Lipinski definition) is 4.